The van der Waals surface area contributed by atoms with Gasteiger partial charge in [-0.15, -0.1) is 0 Å². The summed E-state index contributed by atoms with van der Waals surface area (Å²) in [7, 11) is 2.13. The number of rotatable bonds is 3. The van der Waals surface area contributed by atoms with Crippen molar-refractivity contribution in [3.05, 3.63) is 28.2 Å². The van der Waals surface area contributed by atoms with Gasteiger partial charge in [0.1, 0.15) is 0 Å². The minimum atomic E-state index is 0.0995. The molecule has 1 aromatic carbocycles. The first-order valence-electron chi connectivity index (χ1n) is 5.70. The van der Waals surface area contributed by atoms with Crippen molar-refractivity contribution in [2.75, 3.05) is 23.5 Å². The van der Waals surface area contributed by atoms with Crippen molar-refractivity contribution in [1.29, 1.82) is 0 Å². The maximum Gasteiger partial charge on any atom is 0.160 e. The minimum Gasteiger partial charge on any atom is -0.371 e. The van der Waals surface area contributed by atoms with Crippen LogP contribution in [0.3, 0.4) is 0 Å². The molecule has 1 aliphatic rings. The van der Waals surface area contributed by atoms with Gasteiger partial charge in [0.15, 0.2) is 5.78 Å². The zero-order valence-corrected chi connectivity index (χ0v) is 12.5. The van der Waals surface area contributed by atoms with Crippen LogP contribution in [0.15, 0.2) is 22.7 Å². The molecule has 92 valence electrons. The van der Waals surface area contributed by atoms with Gasteiger partial charge >= 0.3 is 0 Å². The van der Waals surface area contributed by atoms with Gasteiger partial charge in [0.05, 0.1) is 0 Å². The third kappa shape index (κ3) is 2.86. The van der Waals surface area contributed by atoms with E-state index < -0.39 is 0 Å². The summed E-state index contributed by atoms with van der Waals surface area (Å²) in [5.41, 5.74) is 1.93. The van der Waals surface area contributed by atoms with Crippen LogP contribution in [0.1, 0.15) is 23.7 Å². The molecular weight excluding hydrogens is 298 g/mol. The molecule has 2 rings (SSSR count). The molecule has 0 radical (unpaired) electrons. The molecule has 0 amide bonds. The molecule has 0 aromatic heterocycles. The Morgan fingerprint density at radius 2 is 2.29 bits per heavy atom. The highest BCUT2D eigenvalue weighted by atomic mass is 79.9. The predicted molar refractivity (Wildman–Crippen MR) is 78.3 cm³/mol. The largest absolute Gasteiger partial charge is 0.371 e. The van der Waals surface area contributed by atoms with E-state index in [0.29, 0.717) is 6.04 Å². The van der Waals surface area contributed by atoms with Gasteiger partial charge in [-0.1, -0.05) is 0 Å². The summed E-state index contributed by atoms with van der Waals surface area (Å²) in [6.45, 7) is 1.59. The number of hydrogen-bond acceptors (Lipinski definition) is 3. The van der Waals surface area contributed by atoms with Gasteiger partial charge in [-0.05, 0) is 53.2 Å². The second-order valence-electron chi connectivity index (χ2n) is 4.35. The predicted octanol–water partition coefficient (Wildman–Crippen LogP) is 3.59. The van der Waals surface area contributed by atoms with Crippen molar-refractivity contribution in [1.82, 2.24) is 0 Å². The first-order chi connectivity index (χ1) is 8.09. The summed E-state index contributed by atoms with van der Waals surface area (Å²) >= 11 is 5.48. The molecule has 4 heteroatoms. The molecule has 0 bridgehead atoms. The van der Waals surface area contributed by atoms with E-state index in [1.54, 1.807) is 6.92 Å². The second kappa shape index (κ2) is 5.44. The molecule has 1 fully saturated rings. The molecule has 17 heavy (non-hydrogen) atoms. The standard InChI is InChI=1S/C13H16BrNOS/c1-9(16)12-4-3-10(7-13(12)14)15(2)11-5-6-17-8-11/h3-4,7,11H,5-6,8H2,1-2H3. The number of nitrogens with zero attached hydrogens (tertiary/aromatic N) is 1. The number of carbonyl (C=O) groups is 1. The van der Waals surface area contributed by atoms with Crippen LogP contribution >= 0.6 is 27.7 Å². The minimum absolute atomic E-state index is 0.0995. The van der Waals surface area contributed by atoms with E-state index in [2.05, 4.69) is 27.9 Å². The van der Waals surface area contributed by atoms with Crippen molar-refractivity contribution < 1.29 is 4.79 Å². The average Bonchev–Trinajstić information content (AvgIpc) is 2.80. The Bertz CT molecular complexity index is 429. The van der Waals surface area contributed by atoms with Crippen molar-refractivity contribution >= 4 is 39.2 Å². The molecule has 0 saturated carbocycles. The highest BCUT2D eigenvalue weighted by Crippen LogP contribution is 2.29. The highest BCUT2D eigenvalue weighted by molar-refractivity contribution is 9.10. The Morgan fingerprint density at radius 1 is 1.53 bits per heavy atom. The van der Waals surface area contributed by atoms with Crippen molar-refractivity contribution in [2.45, 2.75) is 19.4 Å². The van der Waals surface area contributed by atoms with E-state index in [9.17, 15) is 4.79 Å². The normalized spacial score (nSPS) is 19.4. The summed E-state index contributed by atoms with van der Waals surface area (Å²) < 4.78 is 0.889. The lowest BCUT2D eigenvalue weighted by molar-refractivity contribution is 0.101. The van der Waals surface area contributed by atoms with E-state index in [4.69, 9.17) is 0 Å². The van der Waals surface area contributed by atoms with Gasteiger partial charge < -0.3 is 4.90 Å². The molecule has 0 aliphatic carbocycles. The maximum atomic E-state index is 11.4. The topological polar surface area (TPSA) is 20.3 Å². The third-order valence-corrected chi connectivity index (χ3v) is 4.99. The van der Waals surface area contributed by atoms with Gasteiger partial charge in [0, 0.05) is 34.6 Å². The number of ketones is 1. The monoisotopic (exact) mass is 313 g/mol. The lowest BCUT2D eigenvalue weighted by Gasteiger charge is -2.26. The van der Waals surface area contributed by atoms with Gasteiger partial charge in [-0.25, -0.2) is 0 Å². The van der Waals surface area contributed by atoms with Crippen LogP contribution in [0.2, 0.25) is 0 Å². The van der Waals surface area contributed by atoms with E-state index in [1.807, 2.05) is 30.0 Å². The zero-order valence-electron chi connectivity index (χ0n) is 10.1. The van der Waals surface area contributed by atoms with Crippen LogP contribution in [0, 0.1) is 0 Å². The van der Waals surface area contributed by atoms with Crippen LogP contribution in [0.5, 0.6) is 0 Å². The van der Waals surface area contributed by atoms with E-state index in [-0.39, 0.29) is 5.78 Å². The fourth-order valence-electron chi connectivity index (χ4n) is 2.05. The van der Waals surface area contributed by atoms with E-state index >= 15 is 0 Å². The van der Waals surface area contributed by atoms with E-state index in [0.717, 1.165) is 10.0 Å². The molecular formula is C13H16BrNOS. The summed E-state index contributed by atoms with van der Waals surface area (Å²) in [5.74, 6) is 2.55. The Hall–Kier alpha value is -0.480. The lowest BCUT2D eigenvalue weighted by Crippen LogP contribution is -2.31. The maximum absolute atomic E-state index is 11.4. The highest BCUT2D eigenvalue weighted by Gasteiger charge is 2.20. The summed E-state index contributed by atoms with van der Waals surface area (Å²) in [6.07, 6.45) is 1.24. The Morgan fingerprint density at radius 3 is 2.82 bits per heavy atom. The van der Waals surface area contributed by atoms with Crippen molar-refractivity contribution in [2.24, 2.45) is 0 Å². The van der Waals surface area contributed by atoms with Crippen LogP contribution in [0.4, 0.5) is 5.69 Å². The summed E-state index contributed by atoms with van der Waals surface area (Å²) in [6, 6.07) is 6.60. The molecule has 1 unspecified atom stereocenters. The van der Waals surface area contributed by atoms with Crippen LogP contribution < -0.4 is 4.90 Å². The average molecular weight is 314 g/mol. The Kier molecular flexibility index (Phi) is 4.15. The molecule has 1 saturated heterocycles. The zero-order chi connectivity index (χ0) is 12.4. The second-order valence-corrected chi connectivity index (χ2v) is 6.35. The van der Waals surface area contributed by atoms with Gasteiger partial charge in [-0.3, -0.25) is 4.79 Å². The Labute approximate surface area is 115 Å². The smallest absolute Gasteiger partial charge is 0.160 e. The molecule has 1 heterocycles. The SMILES string of the molecule is CC(=O)c1ccc(N(C)C2CCSC2)cc1Br. The van der Waals surface area contributed by atoms with Crippen molar-refractivity contribution in [3.8, 4) is 0 Å². The van der Waals surface area contributed by atoms with Crippen molar-refractivity contribution in [3.63, 3.8) is 0 Å². The fraction of sp³-hybridized carbons (Fsp3) is 0.462. The number of carbonyl (C=O) groups excluding carboxylic acids is 1. The number of benzene rings is 1. The first-order valence-corrected chi connectivity index (χ1v) is 7.65. The number of thioether (sulfide) groups is 1. The van der Waals surface area contributed by atoms with E-state index in [1.165, 1.54) is 23.6 Å². The fourth-order valence-corrected chi connectivity index (χ4v) is 3.96. The molecule has 1 aliphatic heterocycles. The van der Waals surface area contributed by atoms with Gasteiger partial charge in [-0.2, -0.15) is 11.8 Å². The lowest BCUT2D eigenvalue weighted by atomic mass is 10.1. The number of anilines is 1. The van der Waals surface area contributed by atoms with Crippen LogP contribution in [0.25, 0.3) is 0 Å². The van der Waals surface area contributed by atoms with Crippen LogP contribution in [-0.2, 0) is 0 Å². The Balaban J connectivity index is 2.21. The molecule has 1 aromatic rings. The third-order valence-electron chi connectivity index (χ3n) is 3.19. The summed E-state index contributed by atoms with van der Waals surface area (Å²) in [5, 5.41) is 0. The molecule has 0 spiro atoms. The quantitative estimate of drug-likeness (QED) is 0.795. The van der Waals surface area contributed by atoms with Crippen LogP contribution in [-0.4, -0.2) is 30.4 Å². The van der Waals surface area contributed by atoms with Gasteiger partial charge in [0.2, 0.25) is 0 Å². The molecule has 2 nitrogen and oxygen atoms in total. The molecule has 0 N–H and O–H groups in total. The number of Topliss-reactive ketones (excluding diaryl/α,β-unsaturated/α-hetero) is 1. The number of hydrogen-bond donors (Lipinski definition) is 0. The summed E-state index contributed by atoms with van der Waals surface area (Å²) in [4.78, 5) is 13.7. The number of halogens is 1. The molecule has 1 atom stereocenters. The van der Waals surface area contributed by atoms with Gasteiger partial charge in [0.25, 0.3) is 0 Å². The first kappa shape index (κ1) is 13.0.